The van der Waals surface area contributed by atoms with Gasteiger partial charge in [0.05, 0.1) is 12.1 Å². The SMILES string of the molecule is CC[C@@H](O)[C@@H](C)C=CC(=O)N1C(=O)OCC1Cc1ccccc1. The van der Waals surface area contributed by atoms with E-state index in [1.165, 1.54) is 6.08 Å². The van der Waals surface area contributed by atoms with Gasteiger partial charge in [0.25, 0.3) is 5.91 Å². The lowest BCUT2D eigenvalue weighted by Crippen LogP contribution is -2.39. The second-order valence-electron chi connectivity index (χ2n) is 5.82. The van der Waals surface area contributed by atoms with E-state index < -0.39 is 18.1 Å². The second kappa shape index (κ2) is 7.92. The van der Waals surface area contributed by atoms with Gasteiger partial charge in [-0.15, -0.1) is 0 Å². The number of rotatable bonds is 6. The maximum Gasteiger partial charge on any atom is 0.417 e. The molecule has 1 aliphatic heterocycles. The summed E-state index contributed by atoms with van der Waals surface area (Å²) < 4.78 is 5.03. The fourth-order valence-corrected chi connectivity index (χ4v) is 2.58. The van der Waals surface area contributed by atoms with E-state index in [9.17, 15) is 14.7 Å². The molecule has 5 heteroatoms. The van der Waals surface area contributed by atoms with Crippen molar-refractivity contribution in [2.45, 2.75) is 38.8 Å². The smallest absolute Gasteiger partial charge is 0.417 e. The van der Waals surface area contributed by atoms with Crippen LogP contribution in [0.15, 0.2) is 42.5 Å². The van der Waals surface area contributed by atoms with Crippen LogP contribution in [-0.4, -0.2) is 40.8 Å². The van der Waals surface area contributed by atoms with Crippen LogP contribution in [0.5, 0.6) is 0 Å². The topological polar surface area (TPSA) is 66.8 Å². The van der Waals surface area contributed by atoms with Crippen LogP contribution < -0.4 is 0 Å². The number of carbonyl (C=O) groups is 2. The fraction of sp³-hybridized carbons (Fsp3) is 0.444. The molecule has 124 valence electrons. The summed E-state index contributed by atoms with van der Waals surface area (Å²) in [4.78, 5) is 25.3. The number of aliphatic hydroxyl groups is 1. The van der Waals surface area contributed by atoms with Crippen molar-refractivity contribution in [1.82, 2.24) is 4.90 Å². The molecule has 0 aliphatic carbocycles. The summed E-state index contributed by atoms with van der Waals surface area (Å²) in [5.41, 5.74) is 1.05. The Kier molecular flexibility index (Phi) is 5.93. The van der Waals surface area contributed by atoms with Gasteiger partial charge in [0, 0.05) is 12.0 Å². The number of cyclic esters (lactones) is 1. The van der Waals surface area contributed by atoms with Crippen molar-refractivity contribution in [1.29, 1.82) is 0 Å². The molecule has 5 nitrogen and oxygen atoms in total. The highest BCUT2D eigenvalue weighted by Crippen LogP contribution is 2.18. The maximum atomic E-state index is 12.3. The van der Waals surface area contributed by atoms with E-state index in [0.29, 0.717) is 12.8 Å². The average Bonchev–Trinajstić information content (AvgIpc) is 2.93. The molecule has 1 heterocycles. The maximum absolute atomic E-state index is 12.3. The Bertz CT molecular complexity index is 570. The van der Waals surface area contributed by atoms with Gasteiger partial charge >= 0.3 is 6.09 Å². The van der Waals surface area contributed by atoms with Gasteiger partial charge in [0.15, 0.2) is 0 Å². The highest BCUT2D eigenvalue weighted by atomic mass is 16.6. The predicted octanol–water partition coefficient (Wildman–Crippen LogP) is 2.54. The minimum absolute atomic E-state index is 0.143. The Labute approximate surface area is 136 Å². The monoisotopic (exact) mass is 317 g/mol. The van der Waals surface area contributed by atoms with E-state index >= 15 is 0 Å². The third kappa shape index (κ3) is 4.42. The first-order chi connectivity index (χ1) is 11.0. The van der Waals surface area contributed by atoms with Crippen molar-refractivity contribution in [3.8, 4) is 0 Å². The lowest BCUT2D eigenvalue weighted by Gasteiger charge is -2.18. The van der Waals surface area contributed by atoms with Gasteiger partial charge in [-0.05, 0) is 18.4 Å². The Hall–Kier alpha value is -2.14. The van der Waals surface area contributed by atoms with Crippen molar-refractivity contribution < 1.29 is 19.4 Å². The van der Waals surface area contributed by atoms with Crippen LogP contribution >= 0.6 is 0 Å². The molecule has 2 rings (SSSR count). The minimum atomic E-state index is -0.607. The Morgan fingerprint density at radius 2 is 2.13 bits per heavy atom. The third-order valence-corrected chi connectivity index (χ3v) is 4.08. The molecule has 1 fully saturated rings. The lowest BCUT2D eigenvalue weighted by molar-refractivity contribution is -0.124. The number of carbonyl (C=O) groups excluding carboxylic acids is 2. The quantitative estimate of drug-likeness (QED) is 0.819. The van der Waals surface area contributed by atoms with Gasteiger partial charge in [-0.2, -0.15) is 0 Å². The van der Waals surface area contributed by atoms with Crippen LogP contribution in [-0.2, 0) is 16.0 Å². The zero-order chi connectivity index (χ0) is 16.8. The van der Waals surface area contributed by atoms with Crippen molar-refractivity contribution in [3.05, 3.63) is 48.0 Å². The molecule has 1 saturated heterocycles. The molecule has 23 heavy (non-hydrogen) atoms. The minimum Gasteiger partial charge on any atom is -0.447 e. The highest BCUT2D eigenvalue weighted by molar-refractivity contribution is 5.99. The number of nitrogens with zero attached hydrogens (tertiary/aromatic N) is 1. The summed E-state index contributed by atoms with van der Waals surface area (Å²) in [6.45, 7) is 3.92. The van der Waals surface area contributed by atoms with Crippen LogP contribution in [0.2, 0.25) is 0 Å². The number of ether oxygens (including phenoxy) is 1. The number of amides is 2. The Morgan fingerprint density at radius 1 is 1.43 bits per heavy atom. The van der Waals surface area contributed by atoms with Crippen LogP contribution in [0.3, 0.4) is 0 Å². The van der Waals surface area contributed by atoms with Crippen LogP contribution in [0.25, 0.3) is 0 Å². The van der Waals surface area contributed by atoms with Gasteiger partial charge in [-0.1, -0.05) is 50.3 Å². The first kappa shape index (κ1) is 17.2. The molecule has 1 aromatic carbocycles. The first-order valence-electron chi connectivity index (χ1n) is 7.93. The summed E-state index contributed by atoms with van der Waals surface area (Å²) in [7, 11) is 0. The lowest BCUT2D eigenvalue weighted by atomic mass is 10.0. The summed E-state index contributed by atoms with van der Waals surface area (Å²) in [5.74, 6) is -0.543. The zero-order valence-electron chi connectivity index (χ0n) is 13.5. The van der Waals surface area contributed by atoms with Crippen LogP contribution in [0.4, 0.5) is 4.79 Å². The van der Waals surface area contributed by atoms with Crippen LogP contribution in [0.1, 0.15) is 25.8 Å². The van der Waals surface area contributed by atoms with Gasteiger partial charge in [-0.3, -0.25) is 4.79 Å². The van der Waals surface area contributed by atoms with Gasteiger partial charge < -0.3 is 9.84 Å². The first-order valence-corrected chi connectivity index (χ1v) is 7.93. The largest absolute Gasteiger partial charge is 0.447 e. The summed E-state index contributed by atoms with van der Waals surface area (Å²) in [6.07, 6.45) is 3.07. The van der Waals surface area contributed by atoms with Crippen LogP contribution in [0, 0.1) is 5.92 Å². The molecule has 0 spiro atoms. The number of benzene rings is 1. The summed E-state index contributed by atoms with van der Waals surface area (Å²) >= 11 is 0. The zero-order valence-corrected chi connectivity index (χ0v) is 13.5. The molecule has 1 unspecified atom stereocenters. The van der Waals surface area contributed by atoms with E-state index in [4.69, 9.17) is 4.74 Å². The normalized spacial score (nSPS) is 20.6. The molecular weight excluding hydrogens is 294 g/mol. The van der Waals surface area contributed by atoms with Crippen molar-refractivity contribution in [3.63, 3.8) is 0 Å². The number of hydrogen-bond donors (Lipinski definition) is 1. The molecule has 1 aromatic rings. The highest BCUT2D eigenvalue weighted by Gasteiger charge is 2.36. The van der Waals surface area contributed by atoms with E-state index in [-0.39, 0.29) is 18.6 Å². The molecule has 0 aromatic heterocycles. The second-order valence-corrected chi connectivity index (χ2v) is 5.82. The third-order valence-electron chi connectivity index (χ3n) is 4.08. The van der Waals surface area contributed by atoms with Gasteiger partial charge in [0.1, 0.15) is 6.61 Å². The van der Waals surface area contributed by atoms with E-state index in [2.05, 4.69) is 0 Å². The summed E-state index contributed by atoms with van der Waals surface area (Å²) in [5, 5.41) is 9.74. The van der Waals surface area contributed by atoms with Crippen molar-refractivity contribution >= 4 is 12.0 Å². The molecule has 3 atom stereocenters. The number of hydrogen-bond acceptors (Lipinski definition) is 4. The van der Waals surface area contributed by atoms with Crippen molar-refractivity contribution in [2.75, 3.05) is 6.61 Å². The number of aliphatic hydroxyl groups excluding tert-OH is 1. The molecule has 1 N–H and O–H groups in total. The fourth-order valence-electron chi connectivity index (χ4n) is 2.58. The van der Waals surface area contributed by atoms with E-state index in [0.717, 1.165) is 10.5 Å². The summed E-state index contributed by atoms with van der Waals surface area (Å²) in [6, 6.07) is 9.39. The molecular formula is C18H23NO4. The van der Waals surface area contributed by atoms with Crippen molar-refractivity contribution in [2.24, 2.45) is 5.92 Å². The molecule has 0 bridgehead atoms. The predicted molar refractivity (Wildman–Crippen MR) is 86.7 cm³/mol. The van der Waals surface area contributed by atoms with Gasteiger partial charge in [0.2, 0.25) is 0 Å². The van der Waals surface area contributed by atoms with E-state index in [1.807, 2.05) is 44.2 Å². The number of imide groups is 1. The molecule has 0 radical (unpaired) electrons. The molecule has 1 aliphatic rings. The molecule has 2 amide bonds. The molecule has 0 saturated carbocycles. The van der Waals surface area contributed by atoms with E-state index in [1.54, 1.807) is 6.08 Å². The standard InChI is InChI=1S/C18H23NO4/c1-3-16(20)13(2)9-10-17(21)19-15(12-23-18(19)22)11-14-7-5-4-6-8-14/h4-10,13,15-16,20H,3,11-12H2,1-2H3/t13-,15?,16+/m0/s1. The Morgan fingerprint density at radius 3 is 2.78 bits per heavy atom. The van der Waals surface area contributed by atoms with Gasteiger partial charge in [-0.25, -0.2) is 9.69 Å². The Balaban J connectivity index is 2.04. The average molecular weight is 317 g/mol.